The van der Waals surface area contributed by atoms with Crippen molar-refractivity contribution in [1.29, 1.82) is 0 Å². The second-order valence-corrected chi connectivity index (χ2v) is 6.17. The molecule has 3 unspecified atom stereocenters. The molecule has 1 aliphatic carbocycles. The first-order valence-corrected chi connectivity index (χ1v) is 7.22. The highest BCUT2D eigenvalue weighted by molar-refractivity contribution is 5.40. The molecule has 0 aromatic heterocycles. The van der Waals surface area contributed by atoms with Crippen LogP contribution in [-0.2, 0) is 6.42 Å². The van der Waals surface area contributed by atoms with Crippen LogP contribution in [0.3, 0.4) is 0 Å². The van der Waals surface area contributed by atoms with Gasteiger partial charge in [0.25, 0.3) is 0 Å². The lowest BCUT2D eigenvalue weighted by Gasteiger charge is -2.41. The first kappa shape index (κ1) is 12.0. The van der Waals surface area contributed by atoms with E-state index in [1.807, 2.05) is 12.1 Å². The molecule has 0 radical (unpaired) electrons. The summed E-state index contributed by atoms with van der Waals surface area (Å²) in [7, 11) is 0. The van der Waals surface area contributed by atoms with E-state index in [1.54, 1.807) is 0 Å². The van der Waals surface area contributed by atoms with Crippen molar-refractivity contribution >= 4 is 0 Å². The number of likely N-dealkylation sites (tertiary alicyclic amines) is 1. The Hall–Kier alpha value is -1.02. The Balaban J connectivity index is 1.86. The van der Waals surface area contributed by atoms with E-state index in [0.29, 0.717) is 17.8 Å². The minimum absolute atomic E-state index is 0.412. The van der Waals surface area contributed by atoms with Crippen LogP contribution in [0.15, 0.2) is 18.2 Å². The summed E-state index contributed by atoms with van der Waals surface area (Å²) in [6, 6.07) is 7.21. The van der Waals surface area contributed by atoms with Crippen molar-refractivity contribution in [3.05, 3.63) is 29.3 Å². The van der Waals surface area contributed by atoms with Gasteiger partial charge in [0, 0.05) is 18.6 Å². The van der Waals surface area contributed by atoms with Crippen molar-refractivity contribution < 1.29 is 5.11 Å². The van der Waals surface area contributed by atoms with Gasteiger partial charge in [-0.3, -0.25) is 4.90 Å². The lowest BCUT2D eigenvalue weighted by atomic mass is 9.92. The van der Waals surface area contributed by atoms with Crippen molar-refractivity contribution in [3.8, 4) is 5.75 Å². The zero-order valence-corrected chi connectivity index (χ0v) is 11.4. The first-order chi connectivity index (χ1) is 8.65. The number of benzene rings is 1. The van der Waals surface area contributed by atoms with Gasteiger partial charge in [0.05, 0.1) is 0 Å². The van der Waals surface area contributed by atoms with E-state index < -0.39 is 0 Å². The second kappa shape index (κ2) is 4.58. The Morgan fingerprint density at radius 1 is 1.17 bits per heavy atom. The Morgan fingerprint density at radius 3 is 2.83 bits per heavy atom. The molecule has 1 heterocycles. The molecule has 2 nitrogen and oxygen atoms in total. The number of aryl methyl sites for hydroxylation is 1. The summed E-state index contributed by atoms with van der Waals surface area (Å²) in [4.78, 5) is 2.69. The number of fused-ring (bicyclic) bond motifs is 1. The zero-order valence-electron chi connectivity index (χ0n) is 11.4. The zero-order chi connectivity index (χ0) is 12.7. The minimum atomic E-state index is 0.412. The molecule has 1 N–H and O–H groups in total. The molecule has 0 saturated carbocycles. The molecule has 0 bridgehead atoms. The minimum Gasteiger partial charge on any atom is -0.508 e. The lowest BCUT2D eigenvalue weighted by Crippen LogP contribution is -2.42. The first-order valence-electron chi connectivity index (χ1n) is 7.22. The maximum absolute atomic E-state index is 9.57. The van der Waals surface area contributed by atoms with Crippen LogP contribution in [0.2, 0.25) is 0 Å². The van der Waals surface area contributed by atoms with Gasteiger partial charge in [0.15, 0.2) is 0 Å². The third kappa shape index (κ3) is 2.03. The molecule has 98 valence electrons. The predicted molar refractivity (Wildman–Crippen MR) is 73.7 cm³/mol. The van der Waals surface area contributed by atoms with Crippen molar-refractivity contribution in [3.63, 3.8) is 0 Å². The number of piperidine rings is 1. The van der Waals surface area contributed by atoms with Gasteiger partial charge in [-0.1, -0.05) is 13.0 Å². The predicted octanol–water partition coefficient (Wildman–Crippen LogP) is 3.50. The number of hydrogen-bond acceptors (Lipinski definition) is 2. The number of hydrogen-bond donors (Lipinski definition) is 1. The highest BCUT2D eigenvalue weighted by Crippen LogP contribution is 2.40. The summed E-state index contributed by atoms with van der Waals surface area (Å²) in [6.45, 7) is 5.96. The molecule has 3 rings (SSSR count). The monoisotopic (exact) mass is 245 g/mol. The van der Waals surface area contributed by atoms with E-state index in [-0.39, 0.29) is 0 Å². The van der Waals surface area contributed by atoms with Crippen LogP contribution in [0.1, 0.15) is 50.3 Å². The molecule has 1 fully saturated rings. The number of phenolic OH excluding ortho intramolecular Hbond substituents is 1. The normalized spacial score (nSPS) is 32.4. The third-order valence-corrected chi connectivity index (χ3v) is 4.74. The maximum Gasteiger partial charge on any atom is 0.115 e. The number of aromatic hydroxyl groups is 1. The Kier molecular flexibility index (Phi) is 3.06. The van der Waals surface area contributed by atoms with Gasteiger partial charge in [0.1, 0.15) is 5.75 Å². The smallest absolute Gasteiger partial charge is 0.115 e. The number of phenols is 1. The van der Waals surface area contributed by atoms with E-state index in [0.717, 1.165) is 12.3 Å². The molecular formula is C16H23NO. The number of nitrogens with zero attached hydrogens (tertiary/aromatic N) is 1. The molecule has 1 aliphatic heterocycles. The fourth-order valence-electron chi connectivity index (χ4n) is 3.68. The lowest BCUT2D eigenvalue weighted by molar-refractivity contribution is 0.0768. The topological polar surface area (TPSA) is 23.5 Å². The fourth-order valence-corrected chi connectivity index (χ4v) is 3.68. The van der Waals surface area contributed by atoms with Crippen LogP contribution < -0.4 is 0 Å². The Bertz CT molecular complexity index is 443. The van der Waals surface area contributed by atoms with Crippen molar-refractivity contribution in [2.75, 3.05) is 6.54 Å². The van der Waals surface area contributed by atoms with E-state index >= 15 is 0 Å². The molecule has 3 atom stereocenters. The molecule has 0 amide bonds. The number of rotatable bonds is 1. The Morgan fingerprint density at radius 2 is 2.00 bits per heavy atom. The van der Waals surface area contributed by atoms with Crippen LogP contribution in [0.4, 0.5) is 0 Å². The van der Waals surface area contributed by atoms with Gasteiger partial charge in [-0.05, 0) is 61.8 Å². The van der Waals surface area contributed by atoms with Crippen molar-refractivity contribution in [2.45, 2.75) is 51.6 Å². The molecule has 18 heavy (non-hydrogen) atoms. The highest BCUT2D eigenvalue weighted by Gasteiger charge is 2.33. The van der Waals surface area contributed by atoms with Crippen molar-refractivity contribution in [1.82, 2.24) is 4.90 Å². The standard InChI is InChI=1S/C16H23NO/c1-11-3-4-12(2)17(10-11)16-8-5-13-9-14(18)6-7-15(13)16/h6-7,9,11-12,16,18H,3-5,8,10H2,1-2H3. The van der Waals surface area contributed by atoms with Crippen molar-refractivity contribution in [2.24, 2.45) is 5.92 Å². The summed E-state index contributed by atoms with van der Waals surface area (Å²) < 4.78 is 0. The van der Waals surface area contributed by atoms with Gasteiger partial charge in [-0.2, -0.15) is 0 Å². The van der Waals surface area contributed by atoms with Gasteiger partial charge in [-0.25, -0.2) is 0 Å². The van der Waals surface area contributed by atoms with Gasteiger partial charge >= 0.3 is 0 Å². The van der Waals surface area contributed by atoms with E-state index in [9.17, 15) is 5.11 Å². The summed E-state index contributed by atoms with van der Waals surface area (Å²) >= 11 is 0. The SMILES string of the molecule is CC1CCC(C)N(C2CCc3cc(O)ccc32)C1. The molecule has 2 aliphatic rings. The molecule has 2 heteroatoms. The van der Waals surface area contributed by atoms with E-state index in [1.165, 1.54) is 36.9 Å². The van der Waals surface area contributed by atoms with Gasteiger partial charge in [-0.15, -0.1) is 0 Å². The van der Waals surface area contributed by atoms with Gasteiger partial charge < -0.3 is 5.11 Å². The van der Waals surface area contributed by atoms with Crippen LogP contribution >= 0.6 is 0 Å². The van der Waals surface area contributed by atoms with Crippen LogP contribution in [0.25, 0.3) is 0 Å². The Labute approximate surface area is 110 Å². The summed E-state index contributed by atoms with van der Waals surface area (Å²) in [5.41, 5.74) is 2.80. The average molecular weight is 245 g/mol. The maximum atomic E-state index is 9.57. The molecule has 0 spiro atoms. The quantitative estimate of drug-likeness (QED) is 0.818. The fraction of sp³-hybridized carbons (Fsp3) is 0.625. The summed E-state index contributed by atoms with van der Waals surface area (Å²) in [5.74, 6) is 1.23. The second-order valence-electron chi connectivity index (χ2n) is 6.17. The van der Waals surface area contributed by atoms with E-state index in [4.69, 9.17) is 0 Å². The molecule has 1 aromatic rings. The van der Waals surface area contributed by atoms with Crippen LogP contribution in [-0.4, -0.2) is 22.6 Å². The summed E-state index contributed by atoms with van der Waals surface area (Å²) in [5, 5.41) is 9.57. The third-order valence-electron chi connectivity index (χ3n) is 4.74. The molecular weight excluding hydrogens is 222 g/mol. The summed E-state index contributed by atoms with van der Waals surface area (Å²) in [6.07, 6.45) is 5.03. The largest absolute Gasteiger partial charge is 0.508 e. The van der Waals surface area contributed by atoms with E-state index in [2.05, 4.69) is 24.8 Å². The van der Waals surface area contributed by atoms with Gasteiger partial charge in [0.2, 0.25) is 0 Å². The van der Waals surface area contributed by atoms with Crippen LogP contribution in [0.5, 0.6) is 5.75 Å². The average Bonchev–Trinajstić information content (AvgIpc) is 2.75. The highest BCUT2D eigenvalue weighted by atomic mass is 16.3. The molecule has 1 aromatic carbocycles. The van der Waals surface area contributed by atoms with Crippen LogP contribution in [0, 0.1) is 5.92 Å². The molecule has 1 saturated heterocycles.